The van der Waals surface area contributed by atoms with Crippen molar-refractivity contribution in [2.24, 2.45) is 0 Å². The van der Waals surface area contributed by atoms with Gasteiger partial charge in [-0.2, -0.15) is 0 Å². The van der Waals surface area contributed by atoms with Gasteiger partial charge >= 0.3 is 0 Å². The van der Waals surface area contributed by atoms with Crippen LogP contribution in [0.1, 0.15) is 11.1 Å². The lowest BCUT2D eigenvalue weighted by atomic mass is 10.2. The maximum absolute atomic E-state index is 13.6. The zero-order valence-electron chi connectivity index (χ0n) is 13.8. The van der Waals surface area contributed by atoms with E-state index in [-0.39, 0.29) is 6.61 Å². The second-order valence-electron chi connectivity index (χ2n) is 5.63. The van der Waals surface area contributed by atoms with Crippen LogP contribution in [0, 0.1) is 17.5 Å². The van der Waals surface area contributed by atoms with Crippen LogP contribution < -0.4 is 15.6 Å². The van der Waals surface area contributed by atoms with Crippen molar-refractivity contribution in [2.45, 2.75) is 13.2 Å². The number of ether oxygens (including phenoxy) is 1. The van der Waals surface area contributed by atoms with E-state index in [0.717, 1.165) is 23.4 Å². The van der Waals surface area contributed by atoms with Crippen LogP contribution in [0.15, 0.2) is 66.7 Å². The lowest BCUT2D eigenvalue weighted by Gasteiger charge is -2.14. The standard InChI is InChI=1S/C20H17F3N2O/c21-16-8-7-15(12-24-25-17-4-2-1-3-5-17)20(11-16)26-13-14-6-9-18(22)19(23)10-14/h1-11,24-25H,12-13H2. The first-order valence-corrected chi connectivity index (χ1v) is 8.01. The average Bonchev–Trinajstić information content (AvgIpc) is 2.65. The van der Waals surface area contributed by atoms with Crippen LogP contribution in [0.4, 0.5) is 18.9 Å². The normalized spacial score (nSPS) is 10.6. The summed E-state index contributed by atoms with van der Waals surface area (Å²) < 4.78 is 45.4. The highest BCUT2D eigenvalue weighted by Gasteiger charge is 2.08. The minimum Gasteiger partial charge on any atom is -0.488 e. The number of hydrazine groups is 1. The summed E-state index contributed by atoms with van der Waals surface area (Å²) >= 11 is 0. The summed E-state index contributed by atoms with van der Waals surface area (Å²) in [6.45, 7) is 0.377. The van der Waals surface area contributed by atoms with Crippen molar-refractivity contribution in [3.63, 3.8) is 0 Å². The van der Waals surface area contributed by atoms with Crippen molar-refractivity contribution >= 4 is 5.69 Å². The molecule has 3 nitrogen and oxygen atoms in total. The molecular weight excluding hydrogens is 341 g/mol. The number of hydrogen-bond donors (Lipinski definition) is 2. The van der Waals surface area contributed by atoms with E-state index in [1.54, 1.807) is 6.07 Å². The number of anilines is 1. The van der Waals surface area contributed by atoms with Gasteiger partial charge in [-0.05, 0) is 35.9 Å². The molecule has 2 N–H and O–H groups in total. The van der Waals surface area contributed by atoms with Crippen LogP contribution in [-0.4, -0.2) is 0 Å². The minimum atomic E-state index is -0.945. The fourth-order valence-corrected chi connectivity index (χ4v) is 2.36. The van der Waals surface area contributed by atoms with E-state index in [2.05, 4.69) is 10.9 Å². The average molecular weight is 358 g/mol. The number of benzene rings is 3. The van der Waals surface area contributed by atoms with E-state index < -0.39 is 17.5 Å². The molecule has 0 heterocycles. The van der Waals surface area contributed by atoms with Crippen molar-refractivity contribution in [3.8, 4) is 5.75 Å². The molecule has 0 aliphatic carbocycles. The Morgan fingerprint density at radius 2 is 1.62 bits per heavy atom. The number of hydrogen-bond acceptors (Lipinski definition) is 3. The van der Waals surface area contributed by atoms with Crippen LogP contribution in [0.5, 0.6) is 5.75 Å². The van der Waals surface area contributed by atoms with E-state index in [1.807, 2.05) is 30.3 Å². The molecule has 3 aromatic carbocycles. The van der Waals surface area contributed by atoms with Crippen LogP contribution in [0.3, 0.4) is 0 Å². The molecule has 0 saturated carbocycles. The van der Waals surface area contributed by atoms with Gasteiger partial charge in [-0.3, -0.25) is 0 Å². The number of halogens is 3. The first-order chi connectivity index (χ1) is 12.6. The van der Waals surface area contributed by atoms with Gasteiger partial charge in [-0.1, -0.05) is 30.3 Å². The molecule has 0 fully saturated rings. The molecule has 3 aromatic rings. The van der Waals surface area contributed by atoms with Gasteiger partial charge in [0.15, 0.2) is 11.6 Å². The molecule has 0 atom stereocenters. The summed E-state index contributed by atoms with van der Waals surface area (Å²) in [5.41, 5.74) is 8.12. The Labute approximate surface area is 149 Å². The van der Waals surface area contributed by atoms with Crippen molar-refractivity contribution < 1.29 is 17.9 Å². The molecule has 26 heavy (non-hydrogen) atoms. The first-order valence-electron chi connectivity index (χ1n) is 8.01. The zero-order chi connectivity index (χ0) is 18.4. The van der Waals surface area contributed by atoms with E-state index >= 15 is 0 Å². The van der Waals surface area contributed by atoms with Crippen LogP contribution in [0.25, 0.3) is 0 Å². The third-order valence-corrected chi connectivity index (χ3v) is 3.69. The van der Waals surface area contributed by atoms with Gasteiger partial charge in [0.05, 0.1) is 0 Å². The molecule has 134 valence electrons. The third-order valence-electron chi connectivity index (χ3n) is 3.69. The lowest BCUT2D eigenvalue weighted by Crippen LogP contribution is -2.21. The number of rotatable bonds is 7. The molecule has 0 amide bonds. The Morgan fingerprint density at radius 3 is 2.38 bits per heavy atom. The first kappa shape index (κ1) is 17.8. The number of para-hydroxylation sites is 1. The highest BCUT2D eigenvalue weighted by molar-refractivity contribution is 5.41. The van der Waals surface area contributed by atoms with E-state index in [0.29, 0.717) is 17.9 Å². The summed E-state index contributed by atoms with van der Waals surface area (Å²) in [6.07, 6.45) is 0. The molecule has 0 aliphatic heterocycles. The largest absolute Gasteiger partial charge is 0.488 e. The predicted octanol–water partition coefficient (Wildman–Crippen LogP) is 4.80. The Bertz CT molecular complexity index is 872. The van der Waals surface area contributed by atoms with Gasteiger partial charge in [0, 0.05) is 23.9 Å². The fraction of sp³-hybridized carbons (Fsp3) is 0.100. The van der Waals surface area contributed by atoms with E-state index in [4.69, 9.17) is 4.74 Å². The molecule has 0 saturated heterocycles. The molecule has 0 aromatic heterocycles. The molecular formula is C20H17F3N2O. The Balaban J connectivity index is 1.64. The lowest BCUT2D eigenvalue weighted by molar-refractivity contribution is 0.299. The maximum Gasteiger partial charge on any atom is 0.159 e. The molecule has 6 heteroatoms. The molecule has 0 spiro atoms. The van der Waals surface area contributed by atoms with Crippen molar-refractivity contribution in [1.82, 2.24) is 5.43 Å². The van der Waals surface area contributed by atoms with Gasteiger partial charge in [0.1, 0.15) is 18.2 Å². The third kappa shape index (κ3) is 4.77. The Kier molecular flexibility index (Phi) is 5.76. The zero-order valence-corrected chi connectivity index (χ0v) is 13.8. The number of nitrogens with one attached hydrogen (secondary N) is 2. The van der Waals surface area contributed by atoms with Crippen molar-refractivity contribution in [2.75, 3.05) is 5.43 Å². The topological polar surface area (TPSA) is 33.3 Å². The SMILES string of the molecule is Fc1ccc(CNNc2ccccc2)c(OCc2ccc(F)c(F)c2)c1. The van der Waals surface area contributed by atoms with E-state index in [9.17, 15) is 13.2 Å². The molecule has 0 radical (unpaired) electrons. The summed E-state index contributed by atoms with van der Waals surface area (Å²) in [7, 11) is 0. The van der Waals surface area contributed by atoms with Gasteiger partial charge in [-0.25, -0.2) is 18.6 Å². The molecule has 3 rings (SSSR count). The summed E-state index contributed by atoms with van der Waals surface area (Å²) in [6, 6.07) is 17.2. The van der Waals surface area contributed by atoms with Crippen molar-refractivity contribution in [3.05, 3.63) is 95.3 Å². The van der Waals surface area contributed by atoms with Gasteiger partial charge in [0.2, 0.25) is 0 Å². The highest BCUT2D eigenvalue weighted by Crippen LogP contribution is 2.22. The quantitative estimate of drug-likeness (QED) is 0.595. The monoisotopic (exact) mass is 358 g/mol. The molecule has 0 unspecified atom stereocenters. The Hall–Kier alpha value is -2.99. The minimum absolute atomic E-state index is 0.000231. The summed E-state index contributed by atoms with van der Waals surface area (Å²) in [5, 5.41) is 0. The maximum atomic E-state index is 13.6. The fourth-order valence-electron chi connectivity index (χ4n) is 2.36. The summed E-state index contributed by atoms with van der Waals surface area (Å²) in [5.74, 6) is -1.97. The summed E-state index contributed by atoms with van der Waals surface area (Å²) in [4.78, 5) is 0. The van der Waals surface area contributed by atoms with Crippen LogP contribution in [0.2, 0.25) is 0 Å². The van der Waals surface area contributed by atoms with E-state index in [1.165, 1.54) is 18.2 Å². The predicted molar refractivity (Wildman–Crippen MR) is 94.0 cm³/mol. The van der Waals surface area contributed by atoms with Crippen LogP contribution >= 0.6 is 0 Å². The highest BCUT2D eigenvalue weighted by atomic mass is 19.2. The van der Waals surface area contributed by atoms with Gasteiger partial charge < -0.3 is 10.2 Å². The Morgan fingerprint density at radius 1 is 0.808 bits per heavy atom. The smallest absolute Gasteiger partial charge is 0.159 e. The van der Waals surface area contributed by atoms with Crippen LogP contribution in [-0.2, 0) is 13.2 Å². The second kappa shape index (κ2) is 8.40. The molecule has 0 bridgehead atoms. The van der Waals surface area contributed by atoms with Gasteiger partial charge in [0.25, 0.3) is 0 Å². The molecule has 0 aliphatic rings. The second-order valence-corrected chi connectivity index (χ2v) is 5.63. The van der Waals surface area contributed by atoms with Gasteiger partial charge in [-0.15, -0.1) is 0 Å². The van der Waals surface area contributed by atoms with Crippen molar-refractivity contribution in [1.29, 1.82) is 0 Å².